The van der Waals surface area contributed by atoms with Gasteiger partial charge >= 0.3 is 6.03 Å². The Bertz CT molecular complexity index is 799. The van der Waals surface area contributed by atoms with Crippen molar-refractivity contribution in [3.05, 3.63) is 34.9 Å². The molecule has 2 atom stereocenters. The maximum atomic E-state index is 12.7. The van der Waals surface area contributed by atoms with Crippen molar-refractivity contribution >= 4 is 11.9 Å². The zero-order chi connectivity index (χ0) is 19.0. The molecule has 3 aliphatic heterocycles. The number of urea groups is 1. The van der Waals surface area contributed by atoms with Gasteiger partial charge in [0, 0.05) is 31.7 Å². The number of rotatable bonds is 0. The second-order valence-electron chi connectivity index (χ2n) is 7.68. The molecule has 0 spiro atoms. The number of nitrogens with zero attached hydrogens (tertiary/aromatic N) is 2. The fourth-order valence-electron chi connectivity index (χ4n) is 3.99. The third kappa shape index (κ3) is 3.65. The van der Waals surface area contributed by atoms with Gasteiger partial charge in [0.25, 0.3) is 0 Å². The summed E-state index contributed by atoms with van der Waals surface area (Å²) in [5.41, 5.74) is 3.47. The number of hydrogen-bond acceptors (Lipinski definition) is 3. The van der Waals surface area contributed by atoms with Crippen molar-refractivity contribution in [3.63, 3.8) is 0 Å². The van der Waals surface area contributed by atoms with E-state index >= 15 is 0 Å². The summed E-state index contributed by atoms with van der Waals surface area (Å²) in [6, 6.07) is 6.14. The standard InChI is InChI=1S/C21H25N3O3/c1-14-4-3-5-15(2)17(14)7-6-16-10-24(11-16)21(26)23-9-8-19-18(12-23)22-20(25)13-27-19/h3-5,16,18-19H,8-13H2,1-2H3,(H,22,25)/t18-,19+/m1/s1. The molecule has 3 aliphatic rings. The second kappa shape index (κ2) is 7.24. The monoisotopic (exact) mass is 367 g/mol. The fourth-order valence-corrected chi connectivity index (χ4v) is 3.99. The fraction of sp³-hybridized carbons (Fsp3) is 0.524. The number of amides is 3. The number of hydrogen-bond donors (Lipinski definition) is 1. The van der Waals surface area contributed by atoms with Crippen LogP contribution in [0.1, 0.15) is 23.1 Å². The van der Waals surface area contributed by atoms with E-state index in [1.165, 1.54) is 11.1 Å². The van der Waals surface area contributed by atoms with Crippen molar-refractivity contribution in [2.45, 2.75) is 32.4 Å². The first-order valence-corrected chi connectivity index (χ1v) is 9.54. The highest BCUT2D eigenvalue weighted by atomic mass is 16.5. The van der Waals surface area contributed by atoms with Crippen LogP contribution in [-0.4, -0.2) is 66.7 Å². The Morgan fingerprint density at radius 2 is 1.93 bits per heavy atom. The lowest BCUT2D eigenvalue weighted by molar-refractivity contribution is -0.139. The van der Waals surface area contributed by atoms with Crippen LogP contribution in [0.25, 0.3) is 0 Å². The SMILES string of the molecule is Cc1cccc(C)c1C#CC1CN(C(=O)N2CC[C@@H]3OCC(=O)N[C@@H]3C2)C1. The summed E-state index contributed by atoms with van der Waals surface area (Å²) in [6.45, 7) is 6.81. The molecule has 3 saturated heterocycles. The summed E-state index contributed by atoms with van der Waals surface area (Å²) in [4.78, 5) is 27.9. The Morgan fingerprint density at radius 3 is 2.67 bits per heavy atom. The number of fused-ring (bicyclic) bond motifs is 1. The summed E-state index contributed by atoms with van der Waals surface area (Å²) in [7, 11) is 0. The number of benzene rings is 1. The number of morpholine rings is 1. The normalized spacial score (nSPS) is 25.0. The Morgan fingerprint density at radius 1 is 1.19 bits per heavy atom. The van der Waals surface area contributed by atoms with Gasteiger partial charge in [0.15, 0.2) is 0 Å². The maximum absolute atomic E-state index is 12.7. The molecule has 3 heterocycles. The molecule has 6 nitrogen and oxygen atoms in total. The number of carbonyl (C=O) groups excluding carboxylic acids is 2. The summed E-state index contributed by atoms with van der Waals surface area (Å²) >= 11 is 0. The van der Waals surface area contributed by atoms with E-state index in [4.69, 9.17) is 4.74 Å². The van der Waals surface area contributed by atoms with Crippen LogP contribution < -0.4 is 5.32 Å². The van der Waals surface area contributed by atoms with Crippen molar-refractivity contribution in [2.75, 3.05) is 32.8 Å². The van der Waals surface area contributed by atoms with Gasteiger partial charge in [-0.3, -0.25) is 4.79 Å². The van der Waals surface area contributed by atoms with Crippen molar-refractivity contribution in [1.29, 1.82) is 0 Å². The molecule has 6 heteroatoms. The molecular weight excluding hydrogens is 342 g/mol. The van der Waals surface area contributed by atoms with E-state index in [-0.39, 0.29) is 36.6 Å². The van der Waals surface area contributed by atoms with Gasteiger partial charge in [-0.05, 0) is 31.4 Å². The Labute approximate surface area is 159 Å². The first kappa shape index (κ1) is 17.9. The van der Waals surface area contributed by atoms with Gasteiger partial charge in [-0.2, -0.15) is 0 Å². The quantitative estimate of drug-likeness (QED) is 0.703. The van der Waals surface area contributed by atoms with Crippen LogP contribution in [0.15, 0.2) is 18.2 Å². The maximum Gasteiger partial charge on any atom is 0.320 e. The van der Waals surface area contributed by atoms with Crippen LogP contribution in [0.4, 0.5) is 4.79 Å². The molecule has 4 rings (SSSR count). The number of nitrogens with one attached hydrogen (secondary N) is 1. The highest BCUT2D eigenvalue weighted by molar-refractivity contribution is 5.79. The third-order valence-electron chi connectivity index (χ3n) is 5.63. The van der Waals surface area contributed by atoms with Crippen LogP contribution in [-0.2, 0) is 9.53 Å². The van der Waals surface area contributed by atoms with Crippen LogP contribution in [0.2, 0.25) is 0 Å². The predicted octanol–water partition coefficient (Wildman–Crippen LogP) is 1.30. The van der Waals surface area contributed by atoms with Crippen molar-refractivity contribution in [2.24, 2.45) is 5.92 Å². The minimum absolute atomic E-state index is 0.0270. The highest BCUT2D eigenvalue weighted by Crippen LogP contribution is 2.22. The summed E-state index contributed by atoms with van der Waals surface area (Å²) < 4.78 is 5.55. The third-order valence-corrected chi connectivity index (χ3v) is 5.63. The zero-order valence-corrected chi connectivity index (χ0v) is 15.8. The molecule has 1 N–H and O–H groups in total. The van der Waals surface area contributed by atoms with E-state index in [9.17, 15) is 9.59 Å². The topological polar surface area (TPSA) is 61.9 Å². The Kier molecular flexibility index (Phi) is 4.79. The molecule has 0 radical (unpaired) electrons. The molecule has 142 valence electrons. The van der Waals surface area contributed by atoms with Gasteiger partial charge in [-0.25, -0.2) is 4.79 Å². The Hall–Kier alpha value is -2.52. The molecular formula is C21H25N3O3. The lowest BCUT2D eigenvalue weighted by Gasteiger charge is -2.45. The average Bonchev–Trinajstić information content (AvgIpc) is 2.61. The molecule has 1 aromatic rings. The van der Waals surface area contributed by atoms with E-state index in [0.717, 1.165) is 12.0 Å². The minimum atomic E-state index is -0.101. The first-order chi connectivity index (χ1) is 13.0. The number of ether oxygens (including phenoxy) is 1. The molecule has 3 amide bonds. The number of piperidine rings is 1. The highest BCUT2D eigenvalue weighted by Gasteiger charge is 2.39. The van der Waals surface area contributed by atoms with Gasteiger partial charge < -0.3 is 19.9 Å². The summed E-state index contributed by atoms with van der Waals surface area (Å²) in [6.07, 6.45) is 0.791. The van der Waals surface area contributed by atoms with Crippen LogP contribution >= 0.6 is 0 Å². The molecule has 0 aromatic heterocycles. The Balaban J connectivity index is 1.32. The number of aryl methyl sites for hydroxylation is 2. The lowest BCUT2D eigenvalue weighted by atomic mass is 9.97. The molecule has 0 saturated carbocycles. The van der Waals surface area contributed by atoms with Crippen molar-refractivity contribution in [3.8, 4) is 11.8 Å². The van der Waals surface area contributed by atoms with E-state index in [1.54, 1.807) is 0 Å². The van der Waals surface area contributed by atoms with Crippen LogP contribution in [0.5, 0.6) is 0 Å². The van der Waals surface area contributed by atoms with Gasteiger partial charge in [0.05, 0.1) is 18.1 Å². The van der Waals surface area contributed by atoms with Crippen LogP contribution in [0.3, 0.4) is 0 Å². The van der Waals surface area contributed by atoms with E-state index in [1.807, 2.05) is 15.9 Å². The van der Waals surface area contributed by atoms with Crippen molar-refractivity contribution in [1.82, 2.24) is 15.1 Å². The summed E-state index contributed by atoms with van der Waals surface area (Å²) in [5, 5.41) is 2.94. The minimum Gasteiger partial charge on any atom is -0.366 e. The zero-order valence-electron chi connectivity index (χ0n) is 15.8. The molecule has 1 aromatic carbocycles. The molecule has 0 bridgehead atoms. The predicted molar refractivity (Wildman–Crippen MR) is 101 cm³/mol. The van der Waals surface area contributed by atoms with Crippen molar-refractivity contribution < 1.29 is 14.3 Å². The largest absolute Gasteiger partial charge is 0.366 e. The van der Waals surface area contributed by atoms with E-state index in [2.05, 4.69) is 43.1 Å². The first-order valence-electron chi connectivity index (χ1n) is 9.54. The van der Waals surface area contributed by atoms with Gasteiger partial charge in [0.1, 0.15) is 6.61 Å². The van der Waals surface area contributed by atoms with Crippen LogP contribution in [0, 0.1) is 31.6 Å². The number of carbonyl (C=O) groups is 2. The van der Waals surface area contributed by atoms with Gasteiger partial charge in [0.2, 0.25) is 5.91 Å². The van der Waals surface area contributed by atoms with Gasteiger partial charge in [-0.1, -0.05) is 30.0 Å². The molecule has 3 fully saturated rings. The molecule has 0 unspecified atom stereocenters. The second-order valence-corrected chi connectivity index (χ2v) is 7.68. The molecule has 27 heavy (non-hydrogen) atoms. The smallest absolute Gasteiger partial charge is 0.320 e. The number of likely N-dealkylation sites (tertiary alicyclic amines) is 2. The summed E-state index contributed by atoms with van der Waals surface area (Å²) in [5.74, 6) is 6.74. The average molecular weight is 367 g/mol. The molecule has 0 aliphatic carbocycles. The lowest BCUT2D eigenvalue weighted by Crippen LogP contribution is -2.64. The van der Waals surface area contributed by atoms with E-state index < -0.39 is 0 Å². The van der Waals surface area contributed by atoms with Gasteiger partial charge in [-0.15, -0.1) is 0 Å². The van der Waals surface area contributed by atoms with E-state index in [0.29, 0.717) is 26.2 Å².